The van der Waals surface area contributed by atoms with Crippen LogP contribution >= 0.6 is 0 Å². The predicted octanol–water partition coefficient (Wildman–Crippen LogP) is 0.0448. The zero-order valence-electron chi connectivity index (χ0n) is 14.8. The van der Waals surface area contributed by atoms with E-state index < -0.39 is 0 Å². The number of imide groups is 1. The van der Waals surface area contributed by atoms with Gasteiger partial charge in [-0.25, -0.2) is 0 Å². The Kier molecular flexibility index (Phi) is 4.32. The molecule has 0 aliphatic carbocycles. The molecule has 0 radical (unpaired) electrons. The number of hydrogen-bond donors (Lipinski definition) is 2. The van der Waals surface area contributed by atoms with Gasteiger partial charge in [-0.05, 0) is 44.2 Å². The number of hydrogen-bond acceptors (Lipinski definition) is 5. The van der Waals surface area contributed by atoms with Crippen LogP contribution in [0.25, 0.3) is 0 Å². The van der Waals surface area contributed by atoms with E-state index in [0.717, 1.165) is 38.8 Å². The third kappa shape index (κ3) is 2.97. The minimum Gasteiger partial charge on any atom is -0.373 e. The van der Waals surface area contributed by atoms with Crippen molar-refractivity contribution >= 4 is 17.7 Å². The molecule has 25 heavy (non-hydrogen) atoms. The normalized spacial score (nSPS) is 36.0. The van der Waals surface area contributed by atoms with E-state index in [9.17, 15) is 14.4 Å². The molecule has 4 fully saturated rings. The summed E-state index contributed by atoms with van der Waals surface area (Å²) in [6, 6.07) is 0. The second-order valence-electron chi connectivity index (χ2n) is 8.26. The minimum atomic E-state index is -0.303. The molecule has 4 heterocycles. The van der Waals surface area contributed by atoms with E-state index in [2.05, 4.69) is 17.6 Å². The number of ether oxygens (including phenoxy) is 1. The van der Waals surface area contributed by atoms with E-state index in [1.165, 1.54) is 4.90 Å². The molecule has 4 aliphatic rings. The summed E-state index contributed by atoms with van der Waals surface area (Å²) in [6.07, 6.45) is 3.82. The van der Waals surface area contributed by atoms with Crippen LogP contribution in [0, 0.1) is 17.3 Å². The molecule has 0 aromatic heterocycles. The number of fused-ring (bicyclic) bond motifs is 5. The highest BCUT2D eigenvalue weighted by Crippen LogP contribution is 2.48. The maximum atomic E-state index is 12.5. The fraction of sp³-hybridized carbons (Fsp3) is 0.833. The molecule has 0 aromatic rings. The van der Waals surface area contributed by atoms with E-state index in [0.29, 0.717) is 6.54 Å². The van der Waals surface area contributed by atoms with Crippen LogP contribution in [0.15, 0.2) is 0 Å². The minimum absolute atomic E-state index is 0.0864. The molecule has 4 rings (SSSR count). The van der Waals surface area contributed by atoms with Crippen molar-refractivity contribution in [2.45, 2.75) is 51.2 Å². The summed E-state index contributed by atoms with van der Waals surface area (Å²) in [6.45, 7) is 5.00. The highest BCUT2D eigenvalue weighted by molar-refractivity contribution is 6.06. The van der Waals surface area contributed by atoms with Gasteiger partial charge in [0, 0.05) is 19.5 Å². The van der Waals surface area contributed by atoms with Crippen LogP contribution in [0.4, 0.5) is 0 Å². The van der Waals surface area contributed by atoms with E-state index in [1.807, 2.05) is 0 Å². The summed E-state index contributed by atoms with van der Waals surface area (Å²) in [5, 5.41) is 6.31. The Bertz CT molecular complexity index is 559. The number of piperidine rings is 1. The smallest absolute Gasteiger partial charge is 0.235 e. The first-order chi connectivity index (χ1) is 12.0. The molecule has 3 amide bonds. The van der Waals surface area contributed by atoms with Crippen molar-refractivity contribution in [1.82, 2.24) is 15.5 Å². The number of nitrogens with one attached hydrogen (secondary N) is 2. The van der Waals surface area contributed by atoms with Gasteiger partial charge in [0.15, 0.2) is 0 Å². The standard InChI is InChI=1S/C18H27N3O4/c1-18(5-7-19-8-6-18)10-20-13(22)4-9-21-16(23)14-11-2-3-12(25-11)15(14)17(21)24/h11-12,14-15,19H,2-10H2,1H3,(H,20,22). The summed E-state index contributed by atoms with van der Waals surface area (Å²) in [7, 11) is 0. The first-order valence-corrected chi connectivity index (χ1v) is 9.47. The second kappa shape index (κ2) is 6.36. The van der Waals surface area contributed by atoms with Gasteiger partial charge in [-0.2, -0.15) is 0 Å². The molecular weight excluding hydrogens is 322 g/mol. The van der Waals surface area contributed by atoms with Gasteiger partial charge in [0.1, 0.15) is 0 Å². The van der Waals surface area contributed by atoms with Crippen LogP contribution in [0.1, 0.15) is 39.0 Å². The van der Waals surface area contributed by atoms with Gasteiger partial charge in [-0.3, -0.25) is 19.3 Å². The molecule has 4 aliphatic heterocycles. The molecule has 7 nitrogen and oxygen atoms in total. The number of amides is 3. The van der Waals surface area contributed by atoms with Crippen LogP contribution in [-0.2, 0) is 19.1 Å². The van der Waals surface area contributed by atoms with Crippen molar-refractivity contribution in [3.8, 4) is 0 Å². The topological polar surface area (TPSA) is 87.7 Å². The maximum absolute atomic E-state index is 12.5. The van der Waals surface area contributed by atoms with Crippen LogP contribution in [0.2, 0.25) is 0 Å². The van der Waals surface area contributed by atoms with Crippen LogP contribution < -0.4 is 10.6 Å². The molecule has 4 atom stereocenters. The second-order valence-corrected chi connectivity index (χ2v) is 8.26. The summed E-state index contributed by atoms with van der Waals surface area (Å²) in [4.78, 5) is 38.6. The summed E-state index contributed by atoms with van der Waals surface area (Å²) < 4.78 is 5.72. The number of rotatable bonds is 5. The quantitative estimate of drug-likeness (QED) is 0.685. The molecule has 0 aromatic carbocycles. The van der Waals surface area contributed by atoms with Gasteiger partial charge in [0.2, 0.25) is 17.7 Å². The fourth-order valence-corrected chi connectivity index (χ4v) is 4.81. The molecule has 4 unspecified atom stereocenters. The van der Waals surface area contributed by atoms with Crippen molar-refractivity contribution in [2.24, 2.45) is 17.3 Å². The summed E-state index contributed by atoms with van der Waals surface area (Å²) in [5.74, 6) is -0.969. The summed E-state index contributed by atoms with van der Waals surface area (Å²) in [5.41, 5.74) is 0.133. The zero-order chi connectivity index (χ0) is 17.6. The molecular formula is C18H27N3O4. The fourth-order valence-electron chi connectivity index (χ4n) is 4.81. The first kappa shape index (κ1) is 17.0. The molecule has 0 spiro atoms. The monoisotopic (exact) mass is 349 g/mol. The Morgan fingerprint density at radius 3 is 2.40 bits per heavy atom. The SMILES string of the molecule is CC1(CNC(=O)CCN2C(=O)C3C4CCC(O4)C3C2=O)CCNCC1. The Labute approximate surface area is 147 Å². The third-order valence-electron chi connectivity index (χ3n) is 6.46. The Hall–Kier alpha value is -1.47. The summed E-state index contributed by atoms with van der Waals surface area (Å²) >= 11 is 0. The van der Waals surface area contributed by atoms with E-state index in [1.54, 1.807) is 0 Å². The van der Waals surface area contributed by atoms with Crippen LogP contribution in [0.5, 0.6) is 0 Å². The molecule has 2 bridgehead atoms. The Morgan fingerprint density at radius 2 is 1.80 bits per heavy atom. The number of nitrogens with zero attached hydrogens (tertiary/aromatic N) is 1. The molecule has 0 saturated carbocycles. The average Bonchev–Trinajstić information content (AvgIpc) is 3.27. The lowest BCUT2D eigenvalue weighted by atomic mass is 9.81. The largest absolute Gasteiger partial charge is 0.373 e. The van der Waals surface area contributed by atoms with E-state index in [-0.39, 0.29) is 60.1 Å². The van der Waals surface area contributed by atoms with Crippen LogP contribution in [-0.4, -0.2) is 61.0 Å². The van der Waals surface area contributed by atoms with Gasteiger partial charge < -0.3 is 15.4 Å². The third-order valence-corrected chi connectivity index (χ3v) is 6.46. The van der Waals surface area contributed by atoms with Gasteiger partial charge in [-0.15, -0.1) is 0 Å². The Balaban J connectivity index is 1.27. The lowest BCUT2D eigenvalue weighted by Gasteiger charge is -2.34. The Morgan fingerprint density at radius 1 is 1.20 bits per heavy atom. The molecule has 2 N–H and O–H groups in total. The van der Waals surface area contributed by atoms with Gasteiger partial charge >= 0.3 is 0 Å². The highest BCUT2D eigenvalue weighted by atomic mass is 16.5. The van der Waals surface area contributed by atoms with Crippen molar-refractivity contribution in [3.63, 3.8) is 0 Å². The molecule has 7 heteroatoms. The maximum Gasteiger partial charge on any atom is 0.235 e. The number of carbonyl (C=O) groups is 3. The van der Waals surface area contributed by atoms with Gasteiger partial charge in [0.25, 0.3) is 0 Å². The highest BCUT2D eigenvalue weighted by Gasteiger charge is 2.62. The predicted molar refractivity (Wildman–Crippen MR) is 89.4 cm³/mol. The lowest BCUT2D eigenvalue weighted by Crippen LogP contribution is -2.43. The molecule has 4 saturated heterocycles. The lowest BCUT2D eigenvalue weighted by molar-refractivity contribution is -0.142. The van der Waals surface area contributed by atoms with E-state index in [4.69, 9.17) is 4.74 Å². The number of likely N-dealkylation sites (tertiary alicyclic amines) is 1. The van der Waals surface area contributed by atoms with Crippen molar-refractivity contribution in [2.75, 3.05) is 26.2 Å². The average molecular weight is 349 g/mol. The van der Waals surface area contributed by atoms with E-state index >= 15 is 0 Å². The number of carbonyl (C=O) groups excluding carboxylic acids is 3. The first-order valence-electron chi connectivity index (χ1n) is 9.47. The van der Waals surface area contributed by atoms with Crippen molar-refractivity contribution < 1.29 is 19.1 Å². The van der Waals surface area contributed by atoms with Crippen LogP contribution in [0.3, 0.4) is 0 Å². The van der Waals surface area contributed by atoms with Gasteiger partial charge in [0.05, 0.1) is 24.0 Å². The van der Waals surface area contributed by atoms with Crippen molar-refractivity contribution in [1.29, 1.82) is 0 Å². The molecule has 138 valence electrons. The van der Waals surface area contributed by atoms with Gasteiger partial charge in [-0.1, -0.05) is 6.92 Å². The zero-order valence-corrected chi connectivity index (χ0v) is 14.8. The van der Waals surface area contributed by atoms with Crippen molar-refractivity contribution in [3.05, 3.63) is 0 Å².